The SMILES string of the molecule is CCc1c(C(=O)NCC(=O)O)nnn1-c1ccc(C)cc1. The second-order valence-electron chi connectivity index (χ2n) is 4.56. The number of aromatic nitrogens is 3. The summed E-state index contributed by atoms with van der Waals surface area (Å²) < 4.78 is 1.59. The lowest BCUT2D eigenvalue weighted by molar-refractivity contribution is -0.135. The highest BCUT2D eigenvalue weighted by molar-refractivity contribution is 5.95. The molecule has 0 aliphatic rings. The van der Waals surface area contributed by atoms with Crippen LogP contribution in [0.4, 0.5) is 0 Å². The predicted molar refractivity (Wildman–Crippen MR) is 75.4 cm³/mol. The van der Waals surface area contributed by atoms with Gasteiger partial charge >= 0.3 is 5.97 Å². The first-order valence-corrected chi connectivity index (χ1v) is 6.54. The monoisotopic (exact) mass is 288 g/mol. The van der Waals surface area contributed by atoms with Crippen molar-refractivity contribution in [2.75, 3.05) is 6.54 Å². The first kappa shape index (κ1) is 14.7. The molecular weight excluding hydrogens is 272 g/mol. The van der Waals surface area contributed by atoms with Crippen LogP contribution in [0.1, 0.15) is 28.7 Å². The maximum atomic E-state index is 11.9. The minimum atomic E-state index is -1.10. The highest BCUT2D eigenvalue weighted by Crippen LogP contribution is 2.14. The number of carbonyl (C=O) groups is 2. The van der Waals surface area contributed by atoms with Gasteiger partial charge in [-0.1, -0.05) is 29.8 Å². The Balaban J connectivity index is 2.31. The Labute approximate surface area is 121 Å². The summed E-state index contributed by atoms with van der Waals surface area (Å²) in [6.45, 7) is 3.42. The number of carboxylic acids is 1. The molecule has 0 atom stereocenters. The molecule has 0 spiro atoms. The van der Waals surface area contributed by atoms with Crippen LogP contribution in [0.15, 0.2) is 24.3 Å². The first-order valence-electron chi connectivity index (χ1n) is 6.54. The van der Waals surface area contributed by atoms with Gasteiger partial charge in [-0.2, -0.15) is 0 Å². The Kier molecular flexibility index (Phi) is 4.32. The zero-order valence-corrected chi connectivity index (χ0v) is 11.8. The fourth-order valence-electron chi connectivity index (χ4n) is 1.93. The molecule has 2 aromatic rings. The number of nitrogens with one attached hydrogen (secondary N) is 1. The van der Waals surface area contributed by atoms with E-state index in [0.717, 1.165) is 11.3 Å². The molecule has 2 rings (SSSR count). The molecule has 1 aromatic heterocycles. The molecule has 0 saturated carbocycles. The van der Waals surface area contributed by atoms with Gasteiger partial charge in [0.25, 0.3) is 5.91 Å². The molecule has 0 aliphatic heterocycles. The fraction of sp³-hybridized carbons (Fsp3) is 0.286. The summed E-state index contributed by atoms with van der Waals surface area (Å²) in [7, 11) is 0. The molecular formula is C14H16N4O3. The maximum Gasteiger partial charge on any atom is 0.322 e. The smallest absolute Gasteiger partial charge is 0.322 e. The van der Waals surface area contributed by atoms with Crippen LogP contribution in [0.5, 0.6) is 0 Å². The minimum Gasteiger partial charge on any atom is -0.480 e. The number of hydrogen-bond acceptors (Lipinski definition) is 4. The van der Waals surface area contributed by atoms with E-state index in [9.17, 15) is 9.59 Å². The number of carbonyl (C=O) groups excluding carboxylic acids is 1. The number of hydrogen-bond donors (Lipinski definition) is 2. The molecule has 0 radical (unpaired) electrons. The summed E-state index contributed by atoms with van der Waals surface area (Å²) >= 11 is 0. The second-order valence-corrected chi connectivity index (χ2v) is 4.56. The zero-order valence-electron chi connectivity index (χ0n) is 11.8. The van der Waals surface area contributed by atoms with Gasteiger partial charge in [0.2, 0.25) is 0 Å². The van der Waals surface area contributed by atoms with Crippen molar-refractivity contribution in [2.45, 2.75) is 20.3 Å². The van der Waals surface area contributed by atoms with Crippen molar-refractivity contribution in [3.8, 4) is 5.69 Å². The fourth-order valence-corrected chi connectivity index (χ4v) is 1.93. The van der Waals surface area contributed by atoms with Crippen molar-refractivity contribution < 1.29 is 14.7 Å². The van der Waals surface area contributed by atoms with Crippen molar-refractivity contribution in [2.24, 2.45) is 0 Å². The lowest BCUT2D eigenvalue weighted by Crippen LogP contribution is -2.30. The summed E-state index contributed by atoms with van der Waals surface area (Å²) in [5.41, 5.74) is 2.72. The van der Waals surface area contributed by atoms with Gasteiger partial charge in [0, 0.05) is 0 Å². The molecule has 0 unspecified atom stereocenters. The summed E-state index contributed by atoms with van der Waals surface area (Å²) in [5.74, 6) is -1.64. The van der Waals surface area contributed by atoms with Crippen molar-refractivity contribution in [1.29, 1.82) is 0 Å². The van der Waals surface area contributed by atoms with Crippen LogP contribution >= 0.6 is 0 Å². The van der Waals surface area contributed by atoms with Gasteiger partial charge in [-0.05, 0) is 25.5 Å². The quantitative estimate of drug-likeness (QED) is 0.853. The lowest BCUT2D eigenvalue weighted by atomic mass is 10.2. The number of aryl methyl sites for hydroxylation is 1. The molecule has 0 fully saturated rings. The van der Waals surface area contributed by atoms with Crippen molar-refractivity contribution in [3.63, 3.8) is 0 Å². The van der Waals surface area contributed by atoms with Gasteiger partial charge in [0.1, 0.15) is 6.54 Å². The normalized spacial score (nSPS) is 10.4. The molecule has 110 valence electrons. The van der Waals surface area contributed by atoms with E-state index in [1.165, 1.54) is 0 Å². The molecule has 1 amide bonds. The molecule has 7 nitrogen and oxygen atoms in total. The number of carboxylic acid groups (broad SMARTS) is 1. The number of aliphatic carboxylic acids is 1. The first-order chi connectivity index (χ1) is 10.0. The second kappa shape index (κ2) is 6.17. The van der Waals surface area contributed by atoms with Crippen LogP contribution in [-0.2, 0) is 11.2 Å². The van der Waals surface area contributed by atoms with E-state index in [1.807, 2.05) is 38.1 Å². The average molecular weight is 288 g/mol. The van der Waals surface area contributed by atoms with Crippen LogP contribution in [0, 0.1) is 6.92 Å². The summed E-state index contributed by atoms with van der Waals surface area (Å²) in [5, 5.41) is 18.7. The van der Waals surface area contributed by atoms with Crippen molar-refractivity contribution in [3.05, 3.63) is 41.2 Å². The summed E-state index contributed by atoms with van der Waals surface area (Å²) in [4.78, 5) is 22.4. The van der Waals surface area contributed by atoms with E-state index in [2.05, 4.69) is 15.6 Å². The molecule has 21 heavy (non-hydrogen) atoms. The maximum absolute atomic E-state index is 11.9. The molecule has 1 aromatic carbocycles. The Morgan fingerprint density at radius 3 is 2.52 bits per heavy atom. The predicted octanol–water partition coefficient (Wildman–Crippen LogP) is 0.953. The van der Waals surface area contributed by atoms with Gasteiger partial charge in [0.15, 0.2) is 5.69 Å². The number of nitrogens with zero attached hydrogens (tertiary/aromatic N) is 3. The van der Waals surface area contributed by atoms with Crippen LogP contribution in [0.3, 0.4) is 0 Å². The zero-order chi connectivity index (χ0) is 15.4. The van der Waals surface area contributed by atoms with Gasteiger partial charge < -0.3 is 10.4 Å². The minimum absolute atomic E-state index is 0.152. The van der Waals surface area contributed by atoms with Crippen LogP contribution in [0.2, 0.25) is 0 Å². The van der Waals surface area contributed by atoms with Crippen LogP contribution < -0.4 is 5.32 Å². The standard InChI is InChI=1S/C14H16N4O3/c1-3-11-13(14(21)15-8-12(19)20)16-17-18(11)10-6-4-9(2)5-7-10/h4-7H,3,8H2,1-2H3,(H,15,21)(H,19,20). The Hall–Kier alpha value is -2.70. The molecule has 0 aliphatic carbocycles. The molecule has 1 heterocycles. The third-order valence-electron chi connectivity index (χ3n) is 2.99. The van der Waals surface area contributed by atoms with Crippen molar-refractivity contribution in [1.82, 2.24) is 20.3 Å². The highest BCUT2D eigenvalue weighted by atomic mass is 16.4. The van der Waals surface area contributed by atoms with E-state index in [-0.39, 0.29) is 5.69 Å². The number of benzene rings is 1. The van der Waals surface area contributed by atoms with E-state index in [1.54, 1.807) is 4.68 Å². The third-order valence-corrected chi connectivity index (χ3v) is 2.99. The highest BCUT2D eigenvalue weighted by Gasteiger charge is 2.19. The largest absolute Gasteiger partial charge is 0.480 e. The van der Waals surface area contributed by atoms with E-state index in [4.69, 9.17) is 5.11 Å². The van der Waals surface area contributed by atoms with E-state index < -0.39 is 18.4 Å². The Morgan fingerprint density at radius 1 is 1.29 bits per heavy atom. The summed E-state index contributed by atoms with van der Waals surface area (Å²) in [6, 6.07) is 7.67. The Bertz CT molecular complexity index is 661. The number of rotatable bonds is 5. The van der Waals surface area contributed by atoms with Crippen LogP contribution in [-0.4, -0.2) is 38.5 Å². The summed E-state index contributed by atoms with van der Waals surface area (Å²) in [6.07, 6.45) is 0.552. The van der Waals surface area contributed by atoms with Gasteiger partial charge in [0.05, 0.1) is 11.4 Å². The number of amides is 1. The van der Waals surface area contributed by atoms with Crippen molar-refractivity contribution >= 4 is 11.9 Å². The average Bonchev–Trinajstić information content (AvgIpc) is 2.89. The van der Waals surface area contributed by atoms with Gasteiger partial charge in [-0.25, -0.2) is 4.68 Å². The van der Waals surface area contributed by atoms with Crippen LogP contribution in [0.25, 0.3) is 5.69 Å². The molecule has 2 N–H and O–H groups in total. The van der Waals surface area contributed by atoms with Gasteiger partial charge in [-0.3, -0.25) is 9.59 Å². The topological polar surface area (TPSA) is 97.1 Å². The third kappa shape index (κ3) is 3.25. The Morgan fingerprint density at radius 2 is 1.95 bits per heavy atom. The van der Waals surface area contributed by atoms with E-state index >= 15 is 0 Å². The van der Waals surface area contributed by atoms with E-state index in [0.29, 0.717) is 12.1 Å². The lowest BCUT2D eigenvalue weighted by Gasteiger charge is -2.06. The van der Waals surface area contributed by atoms with Gasteiger partial charge in [-0.15, -0.1) is 5.10 Å². The molecule has 0 saturated heterocycles. The molecule has 0 bridgehead atoms. The molecule has 7 heteroatoms.